The molecule has 1 aromatic heterocycles. The largest absolute Gasteiger partial charge is 0.480 e. The number of amides is 2. The van der Waals surface area contributed by atoms with Crippen LogP contribution in [0.25, 0.3) is 0 Å². The van der Waals surface area contributed by atoms with Gasteiger partial charge in [0.05, 0.1) is 0 Å². The maximum absolute atomic E-state index is 12.2. The minimum Gasteiger partial charge on any atom is -0.480 e. The molecular formula is C16H24N4O7. The second-order valence-corrected chi connectivity index (χ2v) is 6.86. The molecule has 11 nitrogen and oxygen atoms in total. The molecule has 0 fully saturated rings. The molecule has 0 aromatic carbocycles. The number of hydrogen-bond acceptors (Lipinski definition) is 6. The Labute approximate surface area is 154 Å². The molecule has 1 heterocycles. The van der Waals surface area contributed by atoms with Crippen LogP contribution >= 0.6 is 0 Å². The maximum Gasteiger partial charge on any atom is 0.408 e. The molecule has 0 aliphatic rings. The summed E-state index contributed by atoms with van der Waals surface area (Å²) < 4.78 is 6.28. The minimum absolute atomic E-state index is 0.00257. The number of aromatic amines is 1. The molecular weight excluding hydrogens is 360 g/mol. The van der Waals surface area contributed by atoms with Gasteiger partial charge >= 0.3 is 17.8 Å². The molecule has 0 unspecified atom stereocenters. The van der Waals surface area contributed by atoms with Crippen molar-refractivity contribution in [1.82, 2.24) is 20.2 Å². The zero-order valence-corrected chi connectivity index (χ0v) is 15.6. The van der Waals surface area contributed by atoms with Crippen molar-refractivity contribution in [2.45, 2.75) is 52.3 Å². The summed E-state index contributed by atoms with van der Waals surface area (Å²) in [5.74, 6) is -1.98. The van der Waals surface area contributed by atoms with Gasteiger partial charge in [0.25, 0.3) is 5.56 Å². The second kappa shape index (κ2) is 9.01. The fraction of sp³-hybridized carbons (Fsp3) is 0.562. The van der Waals surface area contributed by atoms with Crippen molar-refractivity contribution in [3.63, 3.8) is 0 Å². The average Bonchev–Trinajstić information content (AvgIpc) is 2.51. The van der Waals surface area contributed by atoms with Crippen LogP contribution in [0.2, 0.25) is 0 Å². The number of rotatable bonds is 7. The Balaban J connectivity index is 2.90. The van der Waals surface area contributed by atoms with E-state index in [4.69, 9.17) is 9.84 Å². The van der Waals surface area contributed by atoms with E-state index < -0.39 is 47.4 Å². The number of carboxylic acids is 1. The summed E-state index contributed by atoms with van der Waals surface area (Å²) in [6, 6.07) is -1.14. The molecule has 0 aliphatic heterocycles. The Morgan fingerprint density at radius 3 is 2.48 bits per heavy atom. The van der Waals surface area contributed by atoms with E-state index in [2.05, 4.69) is 15.6 Å². The molecule has 1 atom stereocenters. The van der Waals surface area contributed by atoms with Gasteiger partial charge in [-0.05, 0) is 34.1 Å². The standard InChI is InChI=1S/C16H24N4O7/c1-9-8-20(14(25)19-12(9)23)6-5-10(13(24)17-7-11(21)22)18-15(26)27-16(2,3)4/h8,10H,5-7H2,1-4H3,(H,17,24)(H,18,26)(H,21,22)(H,19,23,25)/t10-/m0/s1. The molecule has 2 amide bonds. The third-order valence-electron chi connectivity index (χ3n) is 3.27. The normalized spacial score (nSPS) is 12.1. The molecule has 0 saturated heterocycles. The van der Waals surface area contributed by atoms with Crippen LogP contribution in [0.5, 0.6) is 0 Å². The van der Waals surface area contributed by atoms with Crippen molar-refractivity contribution < 1.29 is 24.2 Å². The first kappa shape index (κ1) is 21.9. The monoisotopic (exact) mass is 384 g/mol. The molecule has 0 aliphatic carbocycles. The van der Waals surface area contributed by atoms with E-state index in [9.17, 15) is 24.0 Å². The van der Waals surface area contributed by atoms with Gasteiger partial charge in [0.2, 0.25) is 5.91 Å². The molecule has 150 valence electrons. The van der Waals surface area contributed by atoms with E-state index in [-0.39, 0.29) is 13.0 Å². The average molecular weight is 384 g/mol. The predicted octanol–water partition coefficient (Wildman–Crippen LogP) is -0.671. The van der Waals surface area contributed by atoms with Crippen molar-refractivity contribution in [1.29, 1.82) is 0 Å². The van der Waals surface area contributed by atoms with Crippen LogP contribution in [0.3, 0.4) is 0 Å². The highest BCUT2D eigenvalue weighted by Gasteiger charge is 2.24. The third kappa shape index (κ3) is 7.75. The molecule has 4 N–H and O–H groups in total. The first-order valence-corrected chi connectivity index (χ1v) is 8.18. The Morgan fingerprint density at radius 2 is 1.93 bits per heavy atom. The molecule has 1 rings (SSSR count). The van der Waals surface area contributed by atoms with Gasteiger partial charge in [-0.3, -0.25) is 19.4 Å². The number of H-pyrrole nitrogens is 1. The lowest BCUT2D eigenvalue weighted by Crippen LogP contribution is -2.49. The number of carbonyl (C=O) groups is 3. The van der Waals surface area contributed by atoms with Gasteiger partial charge in [-0.2, -0.15) is 0 Å². The van der Waals surface area contributed by atoms with Gasteiger partial charge in [0.1, 0.15) is 18.2 Å². The Kier molecular flexibility index (Phi) is 7.32. The van der Waals surface area contributed by atoms with Crippen molar-refractivity contribution in [2.75, 3.05) is 6.54 Å². The highest BCUT2D eigenvalue weighted by molar-refractivity contribution is 5.87. The number of aromatic nitrogens is 2. The summed E-state index contributed by atoms with van der Waals surface area (Å²) in [6.45, 7) is 5.84. The summed E-state index contributed by atoms with van der Waals surface area (Å²) in [5, 5.41) is 13.2. The lowest BCUT2D eigenvalue weighted by atomic mass is 10.2. The summed E-state index contributed by atoms with van der Waals surface area (Å²) in [7, 11) is 0. The quantitative estimate of drug-likeness (QED) is 0.485. The van der Waals surface area contributed by atoms with Gasteiger partial charge in [-0.1, -0.05) is 0 Å². The van der Waals surface area contributed by atoms with E-state index >= 15 is 0 Å². The SMILES string of the molecule is Cc1cn(CC[C@H](NC(=O)OC(C)(C)C)C(=O)NCC(=O)O)c(=O)[nH]c1=O. The number of aryl methyl sites for hydroxylation is 2. The third-order valence-corrected chi connectivity index (χ3v) is 3.27. The van der Waals surface area contributed by atoms with Crippen LogP contribution in [0.1, 0.15) is 32.8 Å². The topological polar surface area (TPSA) is 160 Å². The van der Waals surface area contributed by atoms with Gasteiger partial charge in [0, 0.05) is 18.3 Å². The lowest BCUT2D eigenvalue weighted by molar-refractivity contribution is -0.138. The molecule has 27 heavy (non-hydrogen) atoms. The van der Waals surface area contributed by atoms with Crippen LogP contribution in [-0.4, -0.2) is 50.8 Å². The fourth-order valence-corrected chi connectivity index (χ4v) is 2.06. The minimum atomic E-state index is -1.24. The van der Waals surface area contributed by atoms with Crippen LogP contribution < -0.4 is 21.9 Å². The molecule has 11 heteroatoms. The van der Waals surface area contributed by atoms with Crippen molar-refractivity contribution in [3.8, 4) is 0 Å². The predicted molar refractivity (Wildman–Crippen MR) is 94.5 cm³/mol. The second-order valence-electron chi connectivity index (χ2n) is 6.86. The number of hydrogen-bond donors (Lipinski definition) is 4. The first-order chi connectivity index (χ1) is 12.4. The van der Waals surface area contributed by atoms with Gasteiger partial charge in [-0.25, -0.2) is 9.59 Å². The van der Waals surface area contributed by atoms with Gasteiger partial charge in [-0.15, -0.1) is 0 Å². The Hall–Kier alpha value is -3.11. The Bertz CT molecular complexity index is 819. The van der Waals surface area contributed by atoms with Gasteiger partial charge in [0.15, 0.2) is 0 Å². The Morgan fingerprint density at radius 1 is 1.30 bits per heavy atom. The van der Waals surface area contributed by atoms with Crippen molar-refractivity contribution in [2.24, 2.45) is 0 Å². The molecule has 1 aromatic rings. The van der Waals surface area contributed by atoms with E-state index in [0.717, 1.165) is 0 Å². The number of nitrogens with zero attached hydrogens (tertiary/aromatic N) is 1. The summed E-state index contributed by atoms with van der Waals surface area (Å²) in [6.07, 6.45) is 0.444. The van der Waals surface area contributed by atoms with Crippen molar-refractivity contribution >= 4 is 18.0 Å². The fourth-order valence-electron chi connectivity index (χ4n) is 2.06. The number of carbonyl (C=O) groups excluding carboxylic acids is 2. The van der Waals surface area contributed by atoms with E-state index in [1.165, 1.54) is 17.7 Å². The lowest BCUT2D eigenvalue weighted by Gasteiger charge is -2.23. The van der Waals surface area contributed by atoms with E-state index in [0.29, 0.717) is 5.56 Å². The zero-order chi connectivity index (χ0) is 20.8. The highest BCUT2D eigenvalue weighted by Crippen LogP contribution is 2.07. The summed E-state index contributed by atoms with van der Waals surface area (Å²) in [5.41, 5.74) is -1.66. The van der Waals surface area contributed by atoms with E-state index in [1.54, 1.807) is 20.8 Å². The van der Waals surface area contributed by atoms with Crippen LogP contribution in [0, 0.1) is 6.92 Å². The number of carboxylic acid groups (broad SMARTS) is 1. The molecule has 0 spiro atoms. The molecule has 0 saturated carbocycles. The summed E-state index contributed by atoms with van der Waals surface area (Å²) >= 11 is 0. The van der Waals surface area contributed by atoms with Crippen molar-refractivity contribution in [3.05, 3.63) is 32.6 Å². The molecule has 0 radical (unpaired) electrons. The number of ether oxygens (including phenoxy) is 1. The van der Waals surface area contributed by atoms with Crippen LogP contribution in [0.15, 0.2) is 15.8 Å². The highest BCUT2D eigenvalue weighted by atomic mass is 16.6. The molecule has 0 bridgehead atoms. The van der Waals surface area contributed by atoms with Crippen LogP contribution in [0.4, 0.5) is 4.79 Å². The first-order valence-electron chi connectivity index (χ1n) is 8.18. The maximum atomic E-state index is 12.2. The smallest absolute Gasteiger partial charge is 0.408 e. The zero-order valence-electron chi connectivity index (χ0n) is 15.6. The summed E-state index contributed by atoms with van der Waals surface area (Å²) in [4.78, 5) is 60.1. The van der Waals surface area contributed by atoms with E-state index in [1.807, 2.05) is 0 Å². The number of nitrogens with one attached hydrogen (secondary N) is 3. The van der Waals surface area contributed by atoms with Gasteiger partial charge < -0.3 is 25.0 Å². The number of alkyl carbamates (subject to hydrolysis) is 1. The number of aliphatic carboxylic acids is 1. The van der Waals surface area contributed by atoms with Crippen LogP contribution in [-0.2, 0) is 20.9 Å².